The van der Waals surface area contributed by atoms with Crippen molar-refractivity contribution in [1.29, 1.82) is 0 Å². The van der Waals surface area contributed by atoms with Gasteiger partial charge >= 0.3 is 0 Å². The third-order valence-corrected chi connectivity index (χ3v) is 2.26. The molecule has 0 saturated heterocycles. The Morgan fingerprint density at radius 1 is 1.21 bits per heavy atom. The number of benzene rings is 1. The van der Waals surface area contributed by atoms with Crippen molar-refractivity contribution in [1.82, 2.24) is 5.32 Å². The van der Waals surface area contributed by atoms with Gasteiger partial charge < -0.3 is 0 Å². The van der Waals surface area contributed by atoms with E-state index in [1.165, 1.54) is 0 Å². The van der Waals surface area contributed by atoms with Gasteiger partial charge in [-0.1, -0.05) is 30.7 Å². The largest absolute Gasteiger partial charge is 0.209 e. The normalized spacial score (nSPS) is 14.7. The van der Waals surface area contributed by atoms with Crippen LogP contribution in [0.4, 0.5) is 0 Å². The molecule has 0 aliphatic carbocycles. The van der Waals surface area contributed by atoms with Crippen molar-refractivity contribution in [2.45, 2.75) is 13.3 Å². The molecule has 0 unspecified atom stereocenters. The Morgan fingerprint density at radius 2 is 2.00 bits per heavy atom. The molecular formula is C10H9ClN3. The van der Waals surface area contributed by atoms with Gasteiger partial charge in [0.1, 0.15) is 0 Å². The number of nitrogens with zero attached hydrogens (tertiary/aromatic N) is 3. The van der Waals surface area contributed by atoms with E-state index >= 15 is 0 Å². The topological polar surface area (TPSA) is 38.8 Å². The summed E-state index contributed by atoms with van der Waals surface area (Å²) in [5.74, 6) is 1.35. The maximum absolute atomic E-state index is 6.00. The molecule has 0 saturated carbocycles. The summed E-state index contributed by atoms with van der Waals surface area (Å²) in [6, 6.07) is 7.49. The van der Waals surface area contributed by atoms with Crippen LogP contribution in [0, 0.1) is 0 Å². The monoisotopic (exact) mass is 206 g/mol. The molecule has 1 heterocycles. The molecule has 14 heavy (non-hydrogen) atoms. The molecular weight excluding hydrogens is 198 g/mol. The van der Waals surface area contributed by atoms with Crippen LogP contribution >= 0.6 is 11.6 Å². The van der Waals surface area contributed by atoms with Gasteiger partial charge in [-0.3, -0.25) is 0 Å². The summed E-state index contributed by atoms with van der Waals surface area (Å²) >= 11 is 6.00. The number of halogens is 1. The van der Waals surface area contributed by atoms with Crippen LogP contribution in [0.5, 0.6) is 0 Å². The van der Waals surface area contributed by atoms with E-state index in [2.05, 4.69) is 15.5 Å². The molecule has 0 spiro atoms. The molecule has 4 heteroatoms. The molecule has 1 aliphatic rings. The lowest BCUT2D eigenvalue weighted by molar-refractivity contribution is 1.17. The fourth-order valence-corrected chi connectivity index (χ4v) is 1.40. The van der Waals surface area contributed by atoms with Crippen LogP contribution in [0.1, 0.15) is 18.9 Å². The molecule has 0 atom stereocenters. The van der Waals surface area contributed by atoms with Crippen LogP contribution in [0.15, 0.2) is 34.5 Å². The van der Waals surface area contributed by atoms with Gasteiger partial charge in [0.05, 0.1) is 5.02 Å². The first kappa shape index (κ1) is 9.21. The zero-order valence-corrected chi connectivity index (χ0v) is 8.49. The van der Waals surface area contributed by atoms with E-state index in [1.54, 1.807) is 0 Å². The molecule has 1 aliphatic heterocycles. The SMILES string of the molecule is CCC1=NN=C(c2ccccc2Cl)[N]1. The van der Waals surface area contributed by atoms with Crippen molar-refractivity contribution in [3.63, 3.8) is 0 Å². The van der Waals surface area contributed by atoms with Crippen LogP contribution in [-0.4, -0.2) is 11.7 Å². The zero-order valence-electron chi connectivity index (χ0n) is 7.74. The maximum Gasteiger partial charge on any atom is 0.185 e. The minimum atomic E-state index is 0.604. The Labute approximate surface area is 87.5 Å². The number of hydrogen-bond donors (Lipinski definition) is 0. The van der Waals surface area contributed by atoms with Crippen molar-refractivity contribution >= 4 is 23.3 Å². The molecule has 0 amide bonds. The molecule has 3 nitrogen and oxygen atoms in total. The van der Waals surface area contributed by atoms with Crippen molar-refractivity contribution < 1.29 is 0 Å². The van der Waals surface area contributed by atoms with Crippen LogP contribution in [0.2, 0.25) is 5.02 Å². The average molecular weight is 207 g/mol. The molecule has 1 aromatic rings. The molecule has 1 aromatic carbocycles. The average Bonchev–Trinajstić information content (AvgIpc) is 2.67. The lowest BCUT2D eigenvalue weighted by Gasteiger charge is -2.01. The molecule has 0 bridgehead atoms. The van der Waals surface area contributed by atoms with Gasteiger partial charge in [-0.15, -0.1) is 10.2 Å². The van der Waals surface area contributed by atoms with Crippen LogP contribution in [0.3, 0.4) is 0 Å². The second-order valence-corrected chi connectivity index (χ2v) is 3.29. The maximum atomic E-state index is 6.00. The van der Waals surface area contributed by atoms with E-state index in [-0.39, 0.29) is 0 Å². The van der Waals surface area contributed by atoms with Crippen LogP contribution in [0.25, 0.3) is 0 Å². The Hall–Kier alpha value is -1.35. The molecule has 0 fully saturated rings. The fraction of sp³-hybridized carbons (Fsp3) is 0.200. The molecule has 2 rings (SSSR count). The van der Waals surface area contributed by atoms with Gasteiger partial charge in [0, 0.05) is 12.0 Å². The third kappa shape index (κ3) is 1.63. The lowest BCUT2D eigenvalue weighted by Crippen LogP contribution is -2.18. The van der Waals surface area contributed by atoms with Crippen LogP contribution < -0.4 is 5.32 Å². The minimum absolute atomic E-state index is 0.604. The van der Waals surface area contributed by atoms with E-state index in [4.69, 9.17) is 11.6 Å². The van der Waals surface area contributed by atoms with Gasteiger partial charge in [0.25, 0.3) is 0 Å². The Balaban J connectivity index is 2.24. The van der Waals surface area contributed by atoms with Gasteiger partial charge in [-0.25, -0.2) is 5.32 Å². The summed E-state index contributed by atoms with van der Waals surface area (Å²) in [6.07, 6.45) is 0.789. The summed E-state index contributed by atoms with van der Waals surface area (Å²) in [4.78, 5) is 0. The third-order valence-electron chi connectivity index (χ3n) is 1.93. The Morgan fingerprint density at radius 3 is 2.64 bits per heavy atom. The van der Waals surface area contributed by atoms with Crippen molar-refractivity contribution in [2.24, 2.45) is 10.2 Å². The Bertz CT molecular complexity index is 410. The highest BCUT2D eigenvalue weighted by atomic mass is 35.5. The zero-order chi connectivity index (χ0) is 9.97. The smallest absolute Gasteiger partial charge is 0.185 e. The van der Waals surface area contributed by atoms with Gasteiger partial charge in [-0.2, -0.15) is 0 Å². The highest BCUT2D eigenvalue weighted by molar-refractivity contribution is 6.34. The quantitative estimate of drug-likeness (QED) is 0.713. The summed E-state index contributed by atoms with van der Waals surface area (Å²) in [6.45, 7) is 1.99. The number of rotatable bonds is 2. The minimum Gasteiger partial charge on any atom is -0.209 e. The second-order valence-electron chi connectivity index (χ2n) is 2.89. The first-order valence-electron chi connectivity index (χ1n) is 4.42. The van der Waals surface area contributed by atoms with Gasteiger partial charge in [-0.05, 0) is 12.1 Å². The summed E-state index contributed by atoms with van der Waals surface area (Å²) in [5, 5.41) is 12.8. The standard InChI is InChI=1S/C10H9ClN3/c1-2-9-12-10(14-13-9)7-5-3-4-6-8(7)11/h3-6H,2H2,1H3. The van der Waals surface area contributed by atoms with E-state index < -0.39 is 0 Å². The van der Waals surface area contributed by atoms with Crippen molar-refractivity contribution in [3.05, 3.63) is 34.9 Å². The second kappa shape index (κ2) is 3.80. The summed E-state index contributed by atoms with van der Waals surface area (Å²) in [5.41, 5.74) is 0.835. The number of amidine groups is 2. The summed E-state index contributed by atoms with van der Waals surface area (Å²) < 4.78 is 0. The van der Waals surface area contributed by atoms with Crippen molar-refractivity contribution in [2.75, 3.05) is 0 Å². The number of hydrogen-bond acceptors (Lipinski definition) is 2. The molecule has 1 radical (unpaired) electrons. The lowest BCUT2D eigenvalue weighted by atomic mass is 10.2. The van der Waals surface area contributed by atoms with E-state index in [1.807, 2.05) is 31.2 Å². The van der Waals surface area contributed by atoms with E-state index in [0.717, 1.165) is 17.8 Å². The predicted molar refractivity (Wildman–Crippen MR) is 57.8 cm³/mol. The summed E-state index contributed by atoms with van der Waals surface area (Å²) in [7, 11) is 0. The fourth-order valence-electron chi connectivity index (χ4n) is 1.18. The molecule has 0 N–H and O–H groups in total. The van der Waals surface area contributed by atoms with E-state index in [9.17, 15) is 0 Å². The first-order valence-corrected chi connectivity index (χ1v) is 4.80. The molecule has 71 valence electrons. The highest BCUT2D eigenvalue weighted by Gasteiger charge is 2.15. The van der Waals surface area contributed by atoms with E-state index in [0.29, 0.717) is 10.9 Å². The highest BCUT2D eigenvalue weighted by Crippen LogP contribution is 2.17. The predicted octanol–water partition coefficient (Wildman–Crippen LogP) is 2.43. The van der Waals surface area contributed by atoms with Crippen LogP contribution in [-0.2, 0) is 0 Å². The molecule has 0 aromatic heterocycles. The Kier molecular flexibility index (Phi) is 2.50. The van der Waals surface area contributed by atoms with Gasteiger partial charge in [0.2, 0.25) is 0 Å². The van der Waals surface area contributed by atoms with Gasteiger partial charge in [0.15, 0.2) is 11.7 Å². The first-order chi connectivity index (χ1) is 6.81. The van der Waals surface area contributed by atoms with Crippen molar-refractivity contribution in [3.8, 4) is 0 Å².